The lowest BCUT2D eigenvalue weighted by Gasteiger charge is -2.37. The summed E-state index contributed by atoms with van der Waals surface area (Å²) in [5, 5.41) is 15.1. The SMILES string of the molecule is O=C(O)CC1(NC(=O)CNc2ccccc2)CCCCC1. The van der Waals surface area contributed by atoms with E-state index in [2.05, 4.69) is 10.6 Å². The first-order valence-corrected chi connectivity index (χ1v) is 7.41. The van der Waals surface area contributed by atoms with Crippen LogP contribution in [0.2, 0.25) is 0 Å². The Morgan fingerprint density at radius 1 is 1.10 bits per heavy atom. The van der Waals surface area contributed by atoms with E-state index in [0.29, 0.717) is 0 Å². The van der Waals surface area contributed by atoms with Crippen molar-refractivity contribution >= 4 is 17.6 Å². The number of aliphatic carboxylic acids is 1. The minimum absolute atomic E-state index is 0.00404. The molecular weight excluding hydrogens is 268 g/mol. The largest absolute Gasteiger partial charge is 0.481 e. The van der Waals surface area contributed by atoms with Crippen molar-refractivity contribution < 1.29 is 14.7 Å². The lowest BCUT2D eigenvalue weighted by atomic mass is 9.79. The van der Waals surface area contributed by atoms with Crippen LogP contribution in [-0.2, 0) is 9.59 Å². The lowest BCUT2D eigenvalue weighted by Crippen LogP contribution is -2.52. The van der Waals surface area contributed by atoms with Crippen molar-refractivity contribution in [2.24, 2.45) is 0 Å². The monoisotopic (exact) mass is 290 g/mol. The molecule has 0 aromatic heterocycles. The van der Waals surface area contributed by atoms with Crippen LogP contribution in [0.4, 0.5) is 5.69 Å². The topological polar surface area (TPSA) is 78.4 Å². The number of para-hydroxylation sites is 1. The van der Waals surface area contributed by atoms with Crippen molar-refractivity contribution in [2.45, 2.75) is 44.1 Å². The molecule has 0 bridgehead atoms. The highest BCUT2D eigenvalue weighted by molar-refractivity contribution is 5.82. The van der Waals surface area contributed by atoms with Gasteiger partial charge in [-0.25, -0.2) is 0 Å². The van der Waals surface area contributed by atoms with Gasteiger partial charge in [0.2, 0.25) is 5.91 Å². The maximum atomic E-state index is 12.1. The third kappa shape index (κ3) is 4.77. The summed E-state index contributed by atoms with van der Waals surface area (Å²) in [6, 6.07) is 9.48. The first kappa shape index (κ1) is 15.4. The van der Waals surface area contributed by atoms with Gasteiger partial charge in [0.1, 0.15) is 0 Å². The van der Waals surface area contributed by atoms with E-state index in [1.54, 1.807) is 0 Å². The molecule has 1 aliphatic rings. The summed E-state index contributed by atoms with van der Waals surface area (Å²) < 4.78 is 0. The number of carboxylic acid groups (broad SMARTS) is 1. The van der Waals surface area contributed by atoms with Crippen molar-refractivity contribution in [1.82, 2.24) is 5.32 Å². The van der Waals surface area contributed by atoms with Gasteiger partial charge in [0.25, 0.3) is 0 Å². The molecular formula is C16H22N2O3. The summed E-state index contributed by atoms with van der Waals surface area (Å²) in [5.41, 5.74) is 0.308. The van der Waals surface area contributed by atoms with Crippen LogP contribution in [0.25, 0.3) is 0 Å². The van der Waals surface area contributed by atoms with Gasteiger partial charge in [-0.1, -0.05) is 37.5 Å². The van der Waals surface area contributed by atoms with Gasteiger partial charge in [-0.3, -0.25) is 9.59 Å². The van der Waals surface area contributed by atoms with Crippen molar-refractivity contribution in [2.75, 3.05) is 11.9 Å². The van der Waals surface area contributed by atoms with Crippen LogP contribution >= 0.6 is 0 Å². The van der Waals surface area contributed by atoms with Gasteiger partial charge in [-0.2, -0.15) is 0 Å². The van der Waals surface area contributed by atoms with E-state index < -0.39 is 11.5 Å². The van der Waals surface area contributed by atoms with Gasteiger partial charge in [0, 0.05) is 5.69 Å². The number of benzene rings is 1. The molecule has 114 valence electrons. The molecule has 0 heterocycles. The predicted molar refractivity (Wildman–Crippen MR) is 81.1 cm³/mol. The molecule has 1 fully saturated rings. The fourth-order valence-electron chi connectivity index (χ4n) is 2.94. The number of amides is 1. The Balaban J connectivity index is 1.90. The molecule has 1 aromatic carbocycles. The Hall–Kier alpha value is -2.04. The van der Waals surface area contributed by atoms with Crippen LogP contribution in [0, 0.1) is 0 Å². The second kappa shape index (κ2) is 7.11. The molecule has 5 heteroatoms. The molecule has 1 aliphatic carbocycles. The number of hydrogen-bond acceptors (Lipinski definition) is 3. The van der Waals surface area contributed by atoms with Gasteiger partial charge in [0.05, 0.1) is 18.5 Å². The Kier molecular flexibility index (Phi) is 5.20. The minimum Gasteiger partial charge on any atom is -0.481 e. The fraction of sp³-hybridized carbons (Fsp3) is 0.500. The van der Waals surface area contributed by atoms with Crippen LogP contribution in [0.3, 0.4) is 0 Å². The highest BCUT2D eigenvalue weighted by Crippen LogP contribution is 2.31. The number of carbonyl (C=O) groups excluding carboxylic acids is 1. The van der Waals surface area contributed by atoms with E-state index in [4.69, 9.17) is 5.11 Å². The van der Waals surface area contributed by atoms with Crippen LogP contribution < -0.4 is 10.6 Å². The van der Waals surface area contributed by atoms with Crippen LogP contribution in [-0.4, -0.2) is 29.1 Å². The van der Waals surface area contributed by atoms with Crippen molar-refractivity contribution in [3.63, 3.8) is 0 Å². The van der Waals surface area contributed by atoms with Gasteiger partial charge < -0.3 is 15.7 Å². The Bertz CT molecular complexity index is 482. The van der Waals surface area contributed by atoms with E-state index in [1.807, 2.05) is 30.3 Å². The third-order valence-corrected chi connectivity index (χ3v) is 3.93. The minimum atomic E-state index is -0.854. The molecule has 0 spiro atoms. The maximum absolute atomic E-state index is 12.1. The number of rotatable bonds is 6. The van der Waals surface area contributed by atoms with Crippen LogP contribution in [0.5, 0.6) is 0 Å². The van der Waals surface area contributed by atoms with Gasteiger partial charge in [0.15, 0.2) is 0 Å². The number of hydrogen-bond donors (Lipinski definition) is 3. The molecule has 0 aliphatic heterocycles. The smallest absolute Gasteiger partial charge is 0.305 e. The predicted octanol–water partition coefficient (Wildman–Crippen LogP) is 2.39. The summed E-state index contributed by atoms with van der Waals surface area (Å²) in [5.74, 6) is -1.00. The van der Waals surface area contributed by atoms with Crippen LogP contribution in [0.1, 0.15) is 38.5 Å². The summed E-state index contributed by atoms with van der Waals surface area (Å²) in [4.78, 5) is 23.2. The molecule has 0 unspecified atom stereocenters. The Morgan fingerprint density at radius 2 is 1.76 bits per heavy atom. The summed E-state index contributed by atoms with van der Waals surface area (Å²) in [6.45, 7) is 0.158. The summed E-state index contributed by atoms with van der Waals surface area (Å²) >= 11 is 0. The number of carboxylic acids is 1. The quantitative estimate of drug-likeness (QED) is 0.751. The first-order valence-electron chi connectivity index (χ1n) is 7.41. The lowest BCUT2D eigenvalue weighted by molar-refractivity contribution is -0.139. The van der Waals surface area contributed by atoms with E-state index in [1.165, 1.54) is 0 Å². The van der Waals surface area contributed by atoms with Gasteiger partial charge in [-0.15, -0.1) is 0 Å². The van der Waals surface area contributed by atoms with Gasteiger partial charge >= 0.3 is 5.97 Å². The second-order valence-corrected chi connectivity index (χ2v) is 5.68. The standard InChI is InChI=1S/C16H22N2O3/c19-14(12-17-13-7-3-1-4-8-13)18-16(11-15(20)21)9-5-2-6-10-16/h1,3-4,7-8,17H,2,5-6,9-12H2,(H,18,19)(H,20,21). The molecule has 5 nitrogen and oxygen atoms in total. The van der Waals surface area contributed by atoms with Crippen molar-refractivity contribution in [1.29, 1.82) is 0 Å². The van der Waals surface area contributed by atoms with E-state index in [-0.39, 0.29) is 18.9 Å². The molecule has 2 rings (SSSR count). The highest BCUT2D eigenvalue weighted by atomic mass is 16.4. The molecule has 3 N–H and O–H groups in total. The zero-order chi connectivity index (χ0) is 15.1. The van der Waals surface area contributed by atoms with Gasteiger partial charge in [-0.05, 0) is 25.0 Å². The van der Waals surface area contributed by atoms with E-state index in [9.17, 15) is 9.59 Å². The number of anilines is 1. The zero-order valence-electron chi connectivity index (χ0n) is 12.1. The Labute approximate surface area is 124 Å². The number of carbonyl (C=O) groups is 2. The molecule has 1 saturated carbocycles. The molecule has 1 aromatic rings. The zero-order valence-corrected chi connectivity index (χ0v) is 12.1. The van der Waals surface area contributed by atoms with Crippen molar-refractivity contribution in [3.05, 3.63) is 30.3 Å². The second-order valence-electron chi connectivity index (χ2n) is 5.68. The highest BCUT2D eigenvalue weighted by Gasteiger charge is 2.35. The molecule has 21 heavy (non-hydrogen) atoms. The summed E-state index contributed by atoms with van der Waals surface area (Å²) in [6.07, 6.45) is 4.55. The summed E-state index contributed by atoms with van der Waals surface area (Å²) in [7, 11) is 0. The Morgan fingerprint density at radius 3 is 2.38 bits per heavy atom. The van der Waals surface area contributed by atoms with Crippen LogP contribution in [0.15, 0.2) is 30.3 Å². The van der Waals surface area contributed by atoms with E-state index >= 15 is 0 Å². The van der Waals surface area contributed by atoms with Crippen molar-refractivity contribution in [3.8, 4) is 0 Å². The fourth-order valence-corrected chi connectivity index (χ4v) is 2.94. The molecule has 1 amide bonds. The van der Waals surface area contributed by atoms with E-state index in [0.717, 1.165) is 37.8 Å². The molecule has 0 atom stereocenters. The average Bonchev–Trinajstić information content (AvgIpc) is 2.46. The maximum Gasteiger partial charge on any atom is 0.305 e. The number of nitrogens with one attached hydrogen (secondary N) is 2. The normalized spacial score (nSPS) is 17.0. The third-order valence-electron chi connectivity index (χ3n) is 3.93. The molecule has 0 radical (unpaired) electrons. The average molecular weight is 290 g/mol. The molecule has 0 saturated heterocycles. The first-order chi connectivity index (χ1) is 10.1.